The molecule has 0 radical (unpaired) electrons. The van der Waals surface area contributed by atoms with Gasteiger partial charge in [0.1, 0.15) is 10.6 Å². The Morgan fingerprint density at radius 2 is 2.08 bits per heavy atom. The number of carboxylic acid groups (broad SMARTS) is 1. The second-order valence-corrected chi connectivity index (χ2v) is 3.14. The largest absolute Gasteiger partial charge is 0.480 e. The van der Waals surface area contributed by atoms with Gasteiger partial charge in [0.05, 0.1) is 0 Å². The molecule has 0 heterocycles. The van der Waals surface area contributed by atoms with Crippen LogP contribution in [0.15, 0.2) is 24.3 Å². The molecule has 0 aromatic heterocycles. The fourth-order valence-electron chi connectivity index (χ4n) is 0.814. The van der Waals surface area contributed by atoms with Crippen molar-refractivity contribution in [3.8, 4) is 0 Å². The standard InChI is InChI=1S/C8H6BrFO2/c9-7(8(11)12)5-3-1-2-4-6(5)10/h1-4,7H,(H,11,12). The summed E-state index contributed by atoms with van der Waals surface area (Å²) in [6.45, 7) is 0. The van der Waals surface area contributed by atoms with Crippen molar-refractivity contribution < 1.29 is 14.3 Å². The summed E-state index contributed by atoms with van der Waals surface area (Å²) in [5.41, 5.74) is 0.144. The molecule has 0 spiro atoms. The third-order valence-corrected chi connectivity index (χ3v) is 2.28. The lowest BCUT2D eigenvalue weighted by Gasteiger charge is -2.04. The third-order valence-electron chi connectivity index (χ3n) is 1.40. The van der Waals surface area contributed by atoms with Crippen LogP contribution in [-0.2, 0) is 4.79 Å². The first-order valence-corrected chi connectivity index (χ1v) is 4.16. The maximum Gasteiger partial charge on any atom is 0.321 e. The first kappa shape index (κ1) is 9.19. The predicted octanol–water partition coefficient (Wildman–Crippen LogP) is 2.35. The van der Waals surface area contributed by atoms with Crippen molar-refractivity contribution in [2.24, 2.45) is 0 Å². The fourth-order valence-corrected chi connectivity index (χ4v) is 1.18. The molecule has 0 saturated heterocycles. The molecule has 0 fully saturated rings. The number of hydrogen-bond donors (Lipinski definition) is 1. The van der Waals surface area contributed by atoms with Crippen LogP contribution >= 0.6 is 15.9 Å². The van der Waals surface area contributed by atoms with Crippen LogP contribution in [0.5, 0.6) is 0 Å². The Hall–Kier alpha value is -0.900. The molecule has 0 amide bonds. The fraction of sp³-hybridized carbons (Fsp3) is 0.125. The molecule has 0 aliphatic rings. The van der Waals surface area contributed by atoms with Crippen molar-refractivity contribution >= 4 is 21.9 Å². The van der Waals surface area contributed by atoms with E-state index in [1.165, 1.54) is 18.2 Å². The summed E-state index contributed by atoms with van der Waals surface area (Å²) in [5, 5.41) is 8.55. The molecule has 0 aliphatic heterocycles. The van der Waals surface area contributed by atoms with Gasteiger partial charge in [0.25, 0.3) is 0 Å². The summed E-state index contributed by atoms with van der Waals surface area (Å²) in [7, 11) is 0. The molecule has 64 valence electrons. The normalized spacial score (nSPS) is 12.5. The maximum atomic E-state index is 12.9. The summed E-state index contributed by atoms with van der Waals surface area (Å²) in [4.78, 5) is 9.46. The minimum atomic E-state index is -1.10. The highest BCUT2D eigenvalue weighted by molar-refractivity contribution is 9.09. The highest BCUT2D eigenvalue weighted by Crippen LogP contribution is 2.24. The monoisotopic (exact) mass is 232 g/mol. The lowest BCUT2D eigenvalue weighted by molar-refractivity contribution is -0.136. The van der Waals surface area contributed by atoms with Gasteiger partial charge in [-0.05, 0) is 6.07 Å². The van der Waals surface area contributed by atoms with E-state index in [0.717, 1.165) is 0 Å². The van der Waals surface area contributed by atoms with E-state index >= 15 is 0 Å². The van der Waals surface area contributed by atoms with Gasteiger partial charge >= 0.3 is 5.97 Å². The lowest BCUT2D eigenvalue weighted by Crippen LogP contribution is -2.06. The maximum absolute atomic E-state index is 12.9. The summed E-state index contributed by atoms with van der Waals surface area (Å²) >= 11 is 2.86. The van der Waals surface area contributed by atoms with E-state index in [1.807, 2.05) is 0 Å². The minimum absolute atomic E-state index is 0.144. The van der Waals surface area contributed by atoms with Gasteiger partial charge in [0.15, 0.2) is 0 Å². The van der Waals surface area contributed by atoms with Crippen molar-refractivity contribution in [2.75, 3.05) is 0 Å². The molecule has 1 unspecified atom stereocenters. The number of benzene rings is 1. The quantitative estimate of drug-likeness (QED) is 0.796. The van der Waals surface area contributed by atoms with E-state index in [2.05, 4.69) is 15.9 Å². The van der Waals surface area contributed by atoms with Gasteiger partial charge in [-0.3, -0.25) is 4.79 Å². The molecule has 1 aromatic rings. The van der Waals surface area contributed by atoms with Crippen LogP contribution in [0.1, 0.15) is 10.4 Å². The second-order valence-electron chi connectivity index (χ2n) is 2.22. The summed E-state index contributed by atoms with van der Waals surface area (Å²) < 4.78 is 12.9. The van der Waals surface area contributed by atoms with E-state index < -0.39 is 16.6 Å². The van der Waals surface area contributed by atoms with Crippen LogP contribution in [0.3, 0.4) is 0 Å². The molecule has 1 rings (SSSR count). The molecule has 0 aliphatic carbocycles. The second kappa shape index (κ2) is 3.67. The molecular formula is C8H6BrFO2. The summed E-state index contributed by atoms with van der Waals surface area (Å²) in [6.07, 6.45) is 0. The van der Waals surface area contributed by atoms with Crippen LogP contribution in [0.2, 0.25) is 0 Å². The van der Waals surface area contributed by atoms with Gasteiger partial charge in [0, 0.05) is 5.56 Å². The zero-order chi connectivity index (χ0) is 9.14. The van der Waals surface area contributed by atoms with E-state index in [9.17, 15) is 9.18 Å². The summed E-state index contributed by atoms with van der Waals surface area (Å²) in [5.74, 6) is -1.61. The van der Waals surface area contributed by atoms with Crippen molar-refractivity contribution in [3.63, 3.8) is 0 Å². The summed E-state index contributed by atoms with van der Waals surface area (Å²) in [6, 6.07) is 5.77. The highest BCUT2D eigenvalue weighted by atomic mass is 79.9. The van der Waals surface area contributed by atoms with Gasteiger partial charge in [-0.2, -0.15) is 0 Å². The van der Waals surface area contributed by atoms with Crippen molar-refractivity contribution in [1.82, 2.24) is 0 Å². The number of carbonyl (C=O) groups is 1. The molecule has 0 saturated carbocycles. The third kappa shape index (κ3) is 1.82. The smallest absolute Gasteiger partial charge is 0.321 e. The van der Waals surface area contributed by atoms with Gasteiger partial charge in [-0.25, -0.2) is 4.39 Å². The van der Waals surface area contributed by atoms with Crippen molar-refractivity contribution in [2.45, 2.75) is 4.83 Å². The Morgan fingerprint density at radius 1 is 1.50 bits per heavy atom. The van der Waals surface area contributed by atoms with Crippen LogP contribution in [0.25, 0.3) is 0 Å². The van der Waals surface area contributed by atoms with E-state index in [1.54, 1.807) is 6.07 Å². The molecule has 0 bridgehead atoms. The molecular weight excluding hydrogens is 227 g/mol. The lowest BCUT2D eigenvalue weighted by atomic mass is 10.1. The topological polar surface area (TPSA) is 37.3 Å². The van der Waals surface area contributed by atoms with Crippen molar-refractivity contribution in [1.29, 1.82) is 0 Å². The average Bonchev–Trinajstić information content (AvgIpc) is 2.04. The zero-order valence-corrected chi connectivity index (χ0v) is 7.58. The molecule has 4 heteroatoms. The van der Waals surface area contributed by atoms with Crippen LogP contribution < -0.4 is 0 Å². The number of alkyl halides is 1. The van der Waals surface area contributed by atoms with E-state index in [4.69, 9.17) is 5.11 Å². The molecule has 12 heavy (non-hydrogen) atoms. The van der Waals surface area contributed by atoms with Crippen molar-refractivity contribution in [3.05, 3.63) is 35.6 Å². The Bertz CT molecular complexity index is 301. The molecule has 1 aromatic carbocycles. The SMILES string of the molecule is O=C(O)C(Br)c1ccccc1F. The Labute approximate surface area is 77.2 Å². The Balaban J connectivity index is 3.02. The van der Waals surface area contributed by atoms with E-state index in [-0.39, 0.29) is 5.56 Å². The highest BCUT2D eigenvalue weighted by Gasteiger charge is 2.18. The number of hydrogen-bond acceptors (Lipinski definition) is 1. The Kier molecular flexibility index (Phi) is 2.81. The van der Waals surface area contributed by atoms with Crippen LogP contribution in [-0.4, -0.2) is 11.1 Å². The first-order chi connectivity index (χ1) is 5.63. The van der Waals surface area contributed by atoms with Gasteiger partial charge in [-0.1, -0.05) is 34.1 Å². The van der Waals surface area contributed by atoms with Crippen LogP contribution in [0, 0.1) is 5.82 Å². The van der Waals surface area contributed by atoms with E-state index in [0.29, 0.717) is 0 Å². The van der Waals surface area contributed by atoms with Crippen LogP contribution in [0.4, 0.5) is 4.39 Å². The predicted molar refractivity (Wildman–Crippen MR) is 45.7 cm³/mol. The number of aliphatic carboxylic acids is 1. The number of halogens is 2. The molecule has 1 N–H and O–H groups in total. The van der Waals surface area contributed by atoms with Gasteiger partial charge < -0.3 is 5.11 Å². The number of rotatable bonds is 2. The molecule has 1 atom stereocenters. The first-order valence-electron chi connectivity index (χ1n) is 3.24. The molecule has 2 nitrogen and oxygen atoms in total. The Morgan fingerprint density at radius 3 is 2.58 bits per heavy atom. The van der Waals surface area contributed by atoms with Gasteiger partial charge in [0.2, 0.25) is 0 Å². The zero-order valence-electron chi connectivity index (χ0n) is 6.00. The average molecular weight is 233 g/mol. The minimum Gasteiger partial charge on any atom is -0.480 e. The van der Waals surface area contributed by atoms with Gasteiger partial charge in [-0.15, -0.1) is 0 Å². The number of carboxylic acids is 1.